The standard InChI is InChI=1S/C15H21BrN4O/c1-10-14(16)13(20(2)19-10)9-12(18-17)15(21-3)11-7-5-4-6-8-11/h4-8,12,15,18H,9,17H2,1-3H3. The zero-order valence-electron chi connectivity index (χ0n) is 12.5. The molecule has 5 nitrogen and oxygen atoms in total. The van der Waals surface area contributed by atoms with E-state index in [9.17, 15) is 0 Å². The Kier molecular flexibility index (Phi) is 5.52. The van der Waals surface area contributed by atoms with Crippen molar-refractivity contribution in [1.82, 2.24) is 15.2 Å². The van der Waals surface area contributed by atoms with E-state index in [1.807, 2.05) is 49.0 Å². The van der Waals surface area contributed by atoms with Crippen molar-refractivity contribution >= 4 is 15.9 Å². The summed E-state index contributed by atoms with van der Waals surface area (Å²) in [6.07, 6.45) is 0.584. The van der Waals surface area contributed by atoms with E-state index in [0.717, 1.165) is 21.4 Å². The molecule has 114 valence electrons. The van der Waals surface area contributed by atoms with Gasteiger partial charge in [0.25, 0.3) is 0 Å². The SMILES string of the molecule is COC(c1ccccc1)C(Cc1c(Br)c(C)nn1C)NN. The second-order valence-electron chi connectivity index (χ2n) is 5.01. The Bertz CT molecular complexity index is 585. The van der Waals surface area contributed by atoms with Crippen molar-refractivity contribution in [3.63, 3.8) is 0 Å². The van der Waals surface area contributed by atoms with Crippen LogP contribution >= 0.6 is 15.9 Å². The summed E-state index contributed by atoms with van der Waals surface area (Å²) in [5, 5.41) is 4.42. The molecule has 6 heteroatoms. The van der Waals surface area contributed by atoms with Crippen molar-refractivity contribution in [2.24, 2.45) is 12.9 Å². The average Bonchev–Trinajstić information content (AvgIpc) is 2.74. The van der Waals surface area contributed by atoms with E-state index in [4.69, 9.17) is 10.6 Å². The summed E-state index contributed by atoms with van der Waals surface area (Å²) in [5.74, 6) is 5.77. The van der Waals surface area contributed by atoms with Crippen LogP contribution < -0.4 is 11.3 Å². The lowest BCUT2D eigenvalue weighted by Crippen LogP contribution is -2.42. The normalized spacial score (nSPS) is 14.1. The number of nitrogens with zero attached hydrogens (tertiary/aromatic N) is 2. The van der Waals surface area contributed by atoms with Gasteiger partial charge in [-0.1, -0.05) is 30.3 Å². The lowest BCUT2D eigenvalue weighted by atomic mass is 9.98. The highest BCUT2D eigenvalue weighted by Gasteiger charge is 2.25. The number of methoxy groups -OCH3 is 1. The van der Waals surface area contributed by atoms with Crippen LogP contribution in [0.3, 0.4) is 0 Å². The molecular formula is C15H21BrN4O. The van der Waals surface area contributed by atoms with E-state index in [-0.39, 0.29) is 12.1 Å². The van der Waals surface area contributed by atoms with Crippen LogP contribution in [0, 0.1) is 6.92 Å². The Balaban J connectivity index is 2.26. The maximum Gasteiger partial charge on any atom is 0.0991 e. The van der Waals surface area contributed by atoms with Crippen LogP contribution in [0.5, 0.6) is 0 Å². The summed E-state index contributed by atoms with van der Waals surface area (Å²) in [6.45, 7) is 1.98. The number of hydrogen-bond donors (Lipinski definition) is 2. The minimum Gasteiger partial charge on any atom is -0.375 e. The molecule has 0 bridgehead atoms. The molecule has 2 rings (SSSR count). The van der Waals surface area contributed by atoms with E-state index < -0.39 is 0 Å². The zero-order chi connectivity index (χ0) is 15.4. The molecule has 2 aromatic rings. The first-order valence-electron chi connectivity index (χ1n) is 6.80. The van der Waals surface area contributed by atoms with Crippen LogP contribution in [-0.4, -0.2) is 22.9 Å². The smallest absolute Gasteiger partial charge is 0.0991 e. The molecular weight excluding hydrogens is 332 g/mol. The Morgan fingerprint density at radius 1 is 1.38 bits per heavy atom. The zero-order valence-corrected chi connectivity index (χ0v) is 14.1. The molecule has 0 aliphatic carbocycles. The number of halogens is 1. The number of aryl methyl sites for hydroxylation is 2. The molecule has 3 N–H and O–H groups in total. The van der Waals surface area contributed by atoms with Crippen LogP contribution in [0.15, 0.2) is 34.8 Å². The Morgan fingerprint density at radius 3 is 2.52 bits per heavy atom. The van der Waals surface area contributed by atoms with E-state index >= 15 is 0 Å². The van der Waals surface area contributed by atoms with Gasteiger partial charge in [-0.3, -0.25) is 16.0 Å². The van der Waals surface area contributed by atoms with Crippen molar-refractivity contribution in [1.29, 1.82) is 0 Å². The second-order valence-corrected chi connectivity index (χ2v) is 5.81. The third-order valence-corrected chi connectivity index (χ3v) is 4.67. The van der Waals surface area contributed by atoms with Gasteiger partial charge >= 0.3 is 0 Å². The van der Waals surface area contributed by atoms with E-state index in [1.165, 1.54) is 0 Å². The number of nitrogens with one attached hydrogen (secondary N) is 1. The van der Waals surface area contributed by atoms with Gasteiger partial charge in [0.2, 0.25) is 0 Å². The number of ether oxygens (including phenoxy) is 1. The summed E-state index contributed by atoms with van der Waals surface area (Å²) < 4.78 is 8.56. The van der Waals surface area contributed by atoms with E-state index in [1.54, 1.807) is 7.11 Å². The number of rotatable bonds is 6. The highest BCUT2D eigenvalue weighted by Crippen LogP contribution is 2.27. The van der Waals surface area contributed by atoms with Crippen molar-refractivity contribution in [3.8, 4) is 0 Å². The minimum atomic E-state index is -0.127. The molecule has 2 unspecified atom stereocenters. The topological polar surface area (TPSA) is 65.1 Å². The Morgan fingerprint density at radius 2 is 2.05 bits per heavy atom. The fourth-order valence-electron chi connectivity index (χ4n) is 2.54. The van der Waals surface area contributed by atoms with Crippen LogP contribution in [0.4, 0.5) is 0 Å². The van der Waals surface area contributed by atoms with Crippen molar-refractivity contribution in [2.75, 3.05) is 7.11 Å². The van der Waals surface area contributed by atoms with Crippen molar-refractivity contribution < 1.29 is 4.74 Å². The monoisotopic (exact) mass is 352 g/mol. The molecule has 1 aromatic heterocycles. The predicted octanol–water partition coefficient (Wildman–Crippen LogP) is 2.25. The van der Waals surface area contributed by atoms with Crippen molar-refractivity contribution in [3.05, 3.63) is 51.8 Å². The molecule has 0 amide bonds. The van der Waals surface area contributed by atoms with Gasteiger partial charge in [-0.15, -0.1) is 0 Å². The van der Waals surface area contributed by atoms with Gasteiger partial charge in [0.15, 0.2) is 0 Å². The molecule has 0 fully saturated rings. The quantitative estimate of drug-likeness (QED) is 0.618. The molecule has 1 aromatic carbocycles. The minimum absolute atomic E-state index is 0.0523. The predicted molar refractivity (Wildman–Crippen MR) is 86.7 cm³/mol. The molecule has 0 radical (unpaired) electrons. The molecule has 0 spiro atoms. The molecule has 0 saturated heterocycles. The molecule has 21 heavy (non-hydrogen) atoms. The Hall–Kier alpha value is -1.21. The number of aromatic nitrogens is 2. The molecule has 0 aliphatic rings. The average molecular weight is 353 g/mol. The number of benzene rings is 1. The third-order valence-electron chi connectivity index (χ3n) is 3.64. The van der Waals surface area contributed by atoms with Gasteiger partial charge in [-0.05, 0) is 28.4 Å². The number of hydrogen-bond acceptors (Lipinski definition) is 4. The molecule has 2 atom stereocenters. The van der Waals surface area contributed by atoms with Crippen LogP contribution in [0.1, 0.15) is 23.1 Å². The maximum atomic E-state index is 5.77. The summed E-state index contributed by atoms with van der Waals surface area (Å²) in [6, 6.07) is 10.0. The highest BCUT2D eigenvalue weighted by atomic mass is 79.9. The first-order valence-corrected chi connectivity index (χ1v) is 7.59. The van der Waals surface area contributed by atoms with Gasteiger partial charge in [0.1, 0.15) is 0 Å². The summed E-state index contributed by atoms with van der Waals surface area (Å²) in [5.41, 5.74) is 6.03. The number of nitrogens with two attached hydrogens (primary N) is 1. The maximum absolute atomic E-state index is 5.77. The lowest BCUT2D eigenvalue weighted by Gasteiger charge is -2.26. The van der Waals surface area contributed by atoms with Crippen LogP contribution in [0.2, 0.25) is 0 Å². The molecule has 0 aliphatic heterocycles. The van der Waals surface area contributed by atoms with Crippen LogP contribution in [0.25, 0.3) is 0 Å². The molecule has 0 saturated carbocycles. The van der Waals surface area contributed by atoms with Gasteiger partial charge < -0.3 is 4.74 Å². The summed E-state index contributed by atoms with van der Waals surface area (Å²) >= 11 is 3.59. The second kappa shape index (κ2) is 7.17. The van der Waals surface area contributed by atoms with Gasteiger partial charge in [0.05, 0.1) is 28.0 Å². The first kappa shape index (κ1) is 16.2. The third kappa shape index (κ3) is 3.52. The van der Waals surface area contributed by atoms with Gasteiger partial charge in [-0.25, -0.2) is 0 Å². The molecule has 1 heterocycles. The summed E-state index contributed by atoms with van der Waals surface area (Å²) in [4.78, 5) is 0. The fraction of sp³-hybridized carbons (Fsp3) is 0.400. The van der Waals surface area contributed by atoms with Gasteiger partial charge in [-0.2, -0.15) is 5.10 Å². The van der Waals surface area contributed by atoms with E-state index in [2.05, 4.69) is 26.5 Å². The number of hydrazine groups is 1. The highest BCUT2D eigenvalue weighted by molar-refractivity contribution is 9.10. The van der Waals surface area contributed by atoms with E-state index in [0.29, 0.717) is 6.42 Å². The van der Waals surface area contributed by atoms with Crippen molar-refractivity contribution in [2.45, 2.75) is 25.5 Å². The van der Waals surface area contributed by atoms with Crippen LogP contribution in [-0.2, 0) is 18.2 Å². The van der Waals surface area contributed by atoms with Gasteiger partial charge in [0, 0.05) is 20.6 Å². The largest absolute Gasteiger partial charge is 0.375 e. The summed E-state index contributed by atoms with van der Waals surface area (Å²) in [7, 11) is 3.64. The fourth-order valence-corrected chi connectivity index (χ4v) is 3.04. The lowest BCUT2D eigenvalue weighted by molar-refractivity contribution is 0.0672. The Labute approximate surface area is 133 Å². The first-order chi connectivity index (χ1) is 10.1.